The van der Waals surface area contributed by atoms with Crippen molar-refractivity contribution in [3.8, 4) is 0 Å². The van der Waals surface area contributed by atoms with E-state index in [1.165, 1.54) is 0 Å². The van der Waals surface area contributed by atoms with Gasteiger partial charge < -0.3 is 4.74 Å². The highest BCUT2D eigenvalue weighted by molar-refractivity contribution is 4.66. The molecule has 0 saturated carbocycles. The molecule has 3 heteroatoms. The summed E-state index contributed by atoms with van der Waals surface area (Å²) in [5, 5.41) is 0. The van der Waals surface area contributed by atoms with Crippen molar-refractivity contribution in [1.29, 1.82) is 0 Å². The van der Waals surface area contributed by atoms with Gasteiger partial charge in [0.2, 0.25) is 6.36 Å². The average Bonchev–Trinajstić information content (AvgIpc) is 1.59. The molecule has 1 heterocycles. The molecule has 1 fully saturated rings. The molecular formula is C6H12FNO. The highest BCUT2D eigenvalue weighted by Crippen LogP contribution is 2.08. The minimum Gasteiger partial charge on any atom is -0.343 e. The van der Waals surface area contributed by atoms with Crippen molar-refractivity contribution in [2.75, 3.05) is 20.1 Å². The van der Waals surface area contributed by atoms with Crippen molar-refractivity contribution < 1.29 is 9.13 Å². The lowest BCUT2D eigenvalue weighted by atomic mass is 10.3. The summed E-state index contributed by atoms with van der Waals surface area (Å²) >= 11 is 0. The van der Waals surface area contributed by atoms with Gasteiger partial charge in [-0.2, -0.15) is 0 Å². The second kappa shape index (κ2) is 2.62. The van der Waals surface area contributed by atoms with Crippen LogP contribution < -0.4 is 0 Å². The molecule has 0 radical (unpaired) electrons. The molecule has 0 N–H and O–H groups in total. The van der Waals surface area contributed by atoms with E-state index in [1.807, 2.05) is 18.9 Å². The van der Waals surface area contributed by atoms with E-state index in [1.54, 1.807) is 0 Å². The summed E-state index contributed by atoms with van der Waals surface area (Å²) in [4.78, 5) is 1.93. The molecule has 0 amide bonds. The van der Waals surface area contributed by atoms with E-state index in [9.17, 15) is 4.39 Å². The van der Waals surface area contributed by atoms with E-state index < -0.39 is 6.36 Å². The summed E-state index contributed by atoms with van der Waals surface area (Å²) in [5.74, 6) is 0. The van der Waals surface area contributed by atoms with Gasteiger partial charge in [-0.3, -0.25) is 4.90 Å². The summed E-state index contributed by atoms with van der Waals surface area (Å²) in [6.45, 7) is 3.12. The second-order valence-electron chi connectivity index (χ2n) is 2.58. The van der Waals surface area contributed by atoms with Gasteiger partial charge in [-0.15, -0.1) is 0 Å². The molecule has 0 spiro atoms. The molecule has 0 aromatic carbocycles. The van der Waals surface area contributed by atoms with Crippen LogP contribution in [0.3, 0.4) is 0 Å². The number of ether oxygens (including phenoxy) is 1. The maximum Gasteiger partial charge on any atom is 0.211 e. The van der Waals surface area contributed by atoms with Crippen molar-refractivity contribution in [1.82, 2.24) is 4.90 Å². The van der Waals surface area contributed by atoms with Crippen LogP contribution in [-0.2, 0) is 4.74 Å². The van der Waals surface area contributed by atoms with Crippen molar-refractivity contribution in [2.24, 2.45) is 0 Å². The van der Waals surface area contributed by atoms with E-state index in [0.29, 0.717) is 6.54 Å². The Bertz CT molecular complexity index is 74.0. The van der Waals surface area contributed by atoms with Crippen LogP contribution in [0, 0.1) is 0 Å². The van der Waals surface area contributed by atoms with Gasteiger partial charge in [-0.25, -0.2) is 4.39 Å². The van der Waals surface area contributed by atoms with E-state index in [4.69, 9.17) is 4.74 Å². The third kappa shape index (κ3) is 1.91. The zero-order chi connectivity index (χ0) is 6.85. The molecule has 2 nitrogen and oxygen atoms in total. The van der Waals surface area contributed by atoms with Crippen molar-refractivity contribution in [3.05, 3.63) is 0 Å². The largest absolute Gasteiger partial charge is 0.343 e. The molecule has 0 unspecified atom stereocenters. The van der Waals surface area contributed by atoms with Crippen molar-refractivity contribution in [2.45, 2.75) is 19.4 Å². The Morgan fingerprint density at radius 3 is 2.67 bits per heavy atom. The van der Waals surface area contributed by atoms with Crippen LogP contribution in [0.1, 0.15) is 6.92 Å². The van der Waals surface area contributed by atoms with Crippen molar-refractivity contribution in [3.63, 3.8) is 0 Å². The quantitative estimate of drug-likeness (QED) is 0.480. The average molecular weight is 133 g/mol. The molecule has 9 heavy (non-hydrogen) atoms. The third-order valence-electron chi connectivity index (χ3n) is 1.40. The number of alkyl halides is 1. The molecule has 1 aliphatic rings. The summed E-state index contributed by atoms with van der Waals surface area (Å²) < 4.78 is 17.3. The number of nitrogens with zero attached hydrogens (tertiary/aromatic N) is 1. The van der Waals surface area contributed by atoms with Gasteiger partial charge in [0.15, 0.2) is 0 Å². The summed E-state index contributed by atoms with van der Waals surface area (Å²) in [6.07, 6.45) is -1.04. The lowest BCUT2D eigenvalue weighted by Crippen LogP contribution is -2.42. The van der Waals surface area contributed by atoms with Gasteiger partial charge in [-0.05, 0) is 14.0 Å². The van der Waals surface area contributed by atoms with Crippen LogP contribution in [0.2, 0.25) is 0 Å². The van der Waals surface area contributed by atoms with Gasteiger partial charge in [0.05, 0.1) is 12.6 Å². The minimum absolute atomic E-state index is 0.0405. The molecule has 54 valence electrons. The van der Waals surface area contributed by atoms with Crippen LogP contribution in [0.15, 0.2) is 0 Å². The van der Waals surface area contributed by atoms with Crippen LogP contribution >= 0.6 is 0 Å². The lowest BCUT2D eigenvalue weighted by molar-refractivity contribution is -0.131. The van der Waals surface area contributed by atoms with Crippen LogP contribution in [0.25, 0.3) is 0 Å². The lowest BCUT2D eigenvalue weighted by Gasteiger charge is -2.29. The first kappa shape index (κ1) is 6.96. The number of morpholine rings is 1. The fourth-order valence-corrected chi connectivity index (χ4v) is 1.10. The normalized spacial score (nSPS) is 39.0. The zero-order valence-corrected chi connectivity index (χ0v) is 5.80. The predicted octanol–water partition coefficient (Wildman–Crippen LogP) is 0.632. The van der Waals surface area contributed by atoms with E-state index in [-0.39, 0.29) is 6.10 Å². The molecule has 1 saturated heterocycles. The van der Waals surface area contributed by atoms with Gasteiger partial charge in [0.25, 0.3) is 0 Å². The first-order valence-electron chi connectivity index (χ1n) is 3.16. The number of rotatable bonds is 0. The molecule has 0 bridgehead atoms. The van der Waals surface area contributed by atoms with Crippen LogP contribution in [0.4, 0.5) is 4.39 Å². The number of hydrogen-bond acceptors (Lipinski definition) is 2. The second-order valence-corrected chi connectivity index (χ2v) is 2.58. The number of halogens is 1. The monoisotopic (exact) mass is 133 g/mol. The molecule has 2 atom stereocenters. The highest BCUT2D eigenvalue weighted by Gasteiger charge is 2.21. The van der Waals surface area contributed by atoms with Crippen LogP contribution in [0.5, 0.6) is 0 Å². The van der Waals surface area contributed by atoms with Gasteiger partial charge in [0.1, 0.15) is 0 Å². The summed E-state index contributed by atoms with van der Waals surface area (Å²) in [6, 6.07) is 0. The Kier molecular flexibility index (Phi) is 2.03. The fraction of sp³-hybridized carbons (Fsp3) is 1.00. The van der Waals surface area contributed by atoms with E-state index >= 15 is 0 Å². The Balaban J connectivity index is 2.34. The maximum atomic E-state index is 12.4. The first-order valence-corrected chi connectivity index (χ1v) is 3.16. The smallest absolute Gasteiger partial charge is 0.211 e. The predicted molar refractivity (Wildman–Crippen MR) is 32.9 cm³/mol. The molecule has 1 aliphatic heterocycles. The van der Waals surface area contributed by atoms with Crippen LogP contribution in [-0.4, -0.2) is 37.5 Å². The Morgan fingerprint density at radius 2 is 2.22 bits per heavy atom. The number of hydrogen-bond donors (Lipinski definition) is 0. The van der Waals surface area contributed by atoms with Crippen molar-refractivity contribution >= 4 is 0 Å². The fourth-order valence-electron chi connectivity index (χ4n) is 1.10. The van der Waals surface area contributed by atoms with E-state index in [0.717, 1.165) is 6.54 Å². The van der Waals surface area contributed by atoms with Gasteiger partial charge in [0, 0.05) is 6.54 Å². The third-order valence-corrected chi connectivity index (χ3v) is 1.40. The molecule has 0 aromatic rings. The maximum absolute atomic E-state index is 12.4. The standard InChI is InChI=1S/C6H12FNO/c1-5-3-8(2)4-6(7)9-5/h5-6H,3-4H2,1-2H3/t5-,6+/m1/s1. The minimum atomic E-state index is -1.08. The highest BCUT2D eigenvalue weighted by atomic mass is 19.1. The first-order chi connectivity index (χ1) is 4.18. The molecule has 1 rings (SSSR count). The Hall–Kier alpha value is -0.150. The SMILES string of the molecule is C[C@@H]1CN(C)C[C@@H](F)O1. The van der Waals surface area contributed by atoms with Gasteiger partial charge in [-0.1, -0.05) is 0 Å². The topological polar surface area (TPSA) is 12.5 Å². The summed E-state index contributed by atoms with van der Waals surface area (Å²) in [5.41, 5.74) is 0. The number of likely N-dealkylation sites (N-methyl/N-ethyl adjacent to an activating group) is 1. The van der Waals surface area contributed by atoms with E-state index in [2.05, 4.69) is 0 Å². The Morgan fingerprint density at radius 1 is 1.56 bits per heavy atom. The molecular weight excluding hydrogens is 121 g/mol. The molecule has 0 aliphatic carbocycles. The molecule has 0 aromatic heterocycles. The summed E-state index contributed by atoms with van der Waals surface area (Å²) in [7, 11) is 1.89. The Labute approximate surface area is 54.6 Å². The zero-order valence-electron chi connectivity index (χ0n) is 5.80. The van der Waals surface area contributed by atoms with Gasteiger partial charge >= 0.3 is 0 Å².